The molecule has 0 fully saturated rings. The fraction of sp³-hybridized carbons (Fsp3) is 0.235. The average Bonchev–Trinajstić information content (AvgIpc) is 2.62. The lowest BCUT2D eigenvalue weighted by Gasteiger charge is -2.15. The molecule has 0 saturated heterocycles. The molecule has 0 spiro atoms. The molecule has 134 valence electrons. The van der Waals surface area contributed by atoms with Gasteiger partial charge in [0, 0.05) is 5.69 Å². The molecule has 0 bridgehead atoms. The fourth-order valence-electron chi connectivity index (χ4n) is 2.03. The molecule has 0 aliphatic heterocycles. The highest BCUT2D eigenvalue weighted by molar-refractivity contribution is 7.89. The molecule has 1 atom stereocenters. The molecule has 0 aromatic heterocycles. The molecule has 0 saturated carbocycles. The number of rotatable bonds is 7. The van der Waals surface area contributed by atoms with E-state index in [9.17, 15) is 13.2 Å². The van der Waals surface area contributed by atoms with E-state index in [4.69, 9.17) is 9.47 Å². The number of benzene rings is 2. The van der Waals surface area contributed by atoms with Gasteiger partial charge in [-0.15, -0.1) is 0 Å². The Morgan fingerprint density at radius 3 is 1.88 bits per heavy atom. The first-order valence-electron chi connectivity index (χ1n) is 7.47. The van der Waals surface area contributed by atoms with E-state index in [1.165, 1.54) is 38.3 Å². The Morgan fingerprint density at radius 1 is 0.920 bits per heavy atom. The van der Waals surface area contributed by atoms with Crippen LogP contribution in [0.4, 0.5) is 5.69 Å². The number of hydrogen-bond acceptors (Lipinski definition) is 5. The zero-order valence-corrected chi connectivity index (χ0v) is 15.0. The lowest BCUT2D eigenvalue weighted by atomic mass is 10.2. The number of anilines is 1. The summed E-state index contributed by atoms with van der Waals surface area (Å²) >= 11 is 0. The van der Waals surface area contributed by atoms with Crippen molar-refractivity contribution in [1.82, 2.24) is 4.72 Å². The summed E-state index contributed by atoms with van der Waals surface area (Å²) in [5, 5.41) is 2.64. The van der Waals surface area contributed by atoms with E-state index < -0.39 is 22.0 Å². The Balaban J connectivity index is 2.03. The monoisotopic (exact) mass is 364 g/mol. The molecular weight excluding hydrogens is 344 g/mol. The van der Waals surface area contributed by atoms with Crippen molar-refractivity contribution in [2.75, 3.05) is 19.5 Å². The molecule has 0 heterocycles. The standard InChI is InChI=1S/C17H20N2O5S/c1-12(17(20)18-13-4-6-14(23-2)7-5-13)19-25(21,22)16-10-8-15(24-3)9-11-16/h4-12,19H,1-3H3,(H,18,20)/t12-/m1/s1. The van der Waals surface area contributed by atoms with Crippen LogP contribution < -0.4 is 19.5 Å². The number of carbonyl (C=O) groups is 1. The van der Waals surface area contributed by atoms with Crippen LogP contribution in [0.2, 0.25) is 0 Å². The smallest absolute Gasteiger partial charge is 0.242 e. The summed E-state index contributed by atoms with van der Waals surface area (Å²) in [7, 11) is -0.780. The molecule has 0 unspecified atom stereocenters. The third-order valence-electron chi connectivity index (χ3n) is 3.45. The number of hydrogen-bond donors (Lipinski definition) is 2. The second-order valence-electron chi connectivity index (χ2n) is 5.24. The summed E-state index contributed by atoms with van der Waals surface area (Å²) in [4.78, 5) is 12.2. The van der Waals surface area contributed by atoms with Crippen molar-refractivity contribution in [1.29, 1.82) is 0 Å². The summed E-state index contributed by atoms with van der Waals surface area (Å²) in [6, 6.07) is 11.7. The van der Waals surface area contributed by atoms with Gasteiger partial charge >= 0.3 is 0 Å². The van der Waals surface area contributed by atoms with E-state index >= 15 is 0 Å². The number of nitrogens with one attached hydrogen (secondary N) is 2. The second kappa shape index (κ2) is 8.00. The lowest BCUT2D eigenvalue weighted by Crippen LogP contribution is -2.41. The SMILES string of the molecule is COc1ccc(NC(=O)[C@@H](C)NS(=O)(=O)c2ccc(OC)cc2)cc1. The Morgan fingerprint density at radius 2 is 1.40 bits per heavy atom. The van der Waals surface area contributed by atoms with Crippen LogP contribution in [0.1, 0.15) is 6.92 Å². The maximum absolute atomic E-state index is 12.3. The number of sulfonamides is 1. The zero-order valence-electron chi connectivity index (χ0n) is 14.1. The molecule has 2 rings (SSSR count). The molecular formula is C17H20N2O5S. The Hall–Kier alpha value is -2.58. The van der Waals surface area contributed by atoms with Crippen LogP contribution in [0.15, 0.2) is 53.4 Å². The fourth-order valence-corrected chi connectivity index (χ4v) is 3.24. The molecule has 2 N–H and O–H groups in total. The Bertz CT molecular complexity index is 817. The molecule has 0 aliphatic carbocycles. The molecule has 1 amide bonds. The van der Waals surface area contributed by atoms with E-state index in [2.05, 4.69) is 10.0 Å². The van der Waals surface area contributed by atoms with Gasteiger partial charge in [-0.1, -0.05) is 0 Å². The van der Waals surface area contributed by atoms with Crippen molar-refractivity contribution in [2.24, 2.45) is 0 Å². The lowest BCUT2D eigenvalue weighted by molar-refractivity contribution is -0.117. The normalized spacial score (nSPS) is 12.3. The van der Waals surface area contributed by atoms with E-state index in [0.717, 1.165) is 0 Å². The summed E-state index contributed by atoms with van der Waals surface area (Å²) in [5.41, 5.74) is 0.543. The van der Waals surface area contributed by atoms with Gasteiger partial charge in [0.25, 0.3) is 0 Å². The topological polar surface area (TPSA) is 93.7 Å². The summed E-state index contributed by atoms with van der Waals surface area (Å²) in [6.45, 7) is 1.47. The third-order valence-corrected chi connectivity index (χ3v) is 5.01. The molecule has 2 aromatic rings. The van der Waals surface area contributed by atoms with Crippen LogP contribution in [0.3, 0.4) is 0 Å². The maximum atomic E-state index is 12.3. The number of methoxy groups -OCH3 is 2. The Labute approximate surface area is 147 Å². The highest BCUT2D eigenvalue weighted by Crippen LogP contribution is 2.17. The van der Waals surface area contributed by atoms with Gasteiger partial charge in [-0.3, -0.25) is 4.79 Å². The van der Waals surface area contributed by atoms with Gasteiger partial charge in [-0.05, 0) is 55.5 Å². The van der Waals surface area contributed by atoms with Crippen LogP contribution in [-0.2, 0) is 14.8 Å². The number of ether oxygens (including phenoxy) is 2. The second-order valence-corrected chi connectivity index (χ2v) is 6.95. The minimum Gasteiger partial charge on any atom is -0.497 e. The first kappa shape index (κ1) is 18.8. The van der Waals surface area contributed by atoms with Crippen molar-refractivity contribution in [3.63, 3.8) is 0 Å². The quantitative estimate of drug-likeness (QED) is 0.784. The van der Waals surface area contributed by atoms with Crippen molar-refractivity contribution in [3.05, 3.63) is 48.5 Å². The van der Waals surface area contributed by atoms with Gasteiger partial charge in [0.1, 0.15) is 11.5 Å². The van der Waals surface area contributed by atoms with Crippen LogP contribution in [-0.4, -0.2) is 34.6 Å². The van der Waals surface area contributed by atoms with Crippen molar-refractivity contribution < 1.29 is 22.7 Å². The third kappa shape index (κ3) is 4.94. The van der Waals surface area contributed by atoms with E-state index in [0.29, 0.717) is 17.2 Å². The van der Waals surface area contributed by atoms with Gasteiger partial charge in [0.15, 0.2) is 0 Å². The summed E-state index contributed by atoms with van der Waals surface area (Å²) in [6.07, 6.45) is 0. The van der Waals surface area contributed by atoms with Crippen LogP contribution in [0, 0.1) is 0 Å². The molecule has 25 heavy (non-hydrogen) atoms. The van der Waals surface area contributed by atoms with Crippen LogP contribution >= 0.6 is 0 Å². The molecule has 0 aliphatic rings. The van der Waals surface area contributed by atoms with Crippen molar-refractivity contribution in [3.8, 4) is 11.5 Å². The van der Waals surface area contributed by atoms with Crippen molar-refractivity contribution >= 4 is 21.6 Å². The van der Waals surface area contributed by atoms with Crippen molar-refractivity contribution in [2.45, 2.75) is 17.9 Å². The van der Waals surface area contributed by atoms with E-state index in [1.54, 1.807) is 31.4 Å². The predicted octanol–water partition coefficient (Wildman–Crippen LogP) is 2.01. The minimum absolute atomic E-state index is 0.0531. The molecule has 7 nitrogen and oxygen atoms in total. The largest absolute Gasteiger partial charge is 0.497 e. The highest BCUT2D eigenvalue weighted by atomic mass is 32.2. The van der Waals surface area contributed by atoms with Gasteiger partial charge in [0.2, 0.25) is 15.9 Å². The van der Waals surface area contributed by atoms with Gasteiger partial charge in [-0.2, -0.15) is 4.72 Å². The Kier molecular flexibility index (Phi) is 6.00. The van der Waals surface area contributed by atoms with Gasteiger partial charge in [0.05, 0.1) is 25.2 Å². The predicted molar refractivity (Wildman–Crippen MR) is 94.4 cm³/mol. The molecule has 0 radical (unpaired) electrons. The number of amides is 1. The van der Waals surface area contributed by atoms with Crippen LogP contribution in [0.25, 0.3) is 0 Å². The minimum atomic E-state index is -3.82. The molecule has 8 heteroatoms. The first-order valence-corrected chi connectivity index (χ1v) is 8.95. The first-order chi connectivity index (χ1) is 11.9. The van der Waals surface area contributed by atoms with E-state index in [1.807, 2.05) is 0 Å². The maximum Gasteiger partial charge on any atom is 0.242 e. The van der Waals surface area contributed by atoms with Gasteiger partial charge < -0.3 is 14.8 Å². The average molecular weight is 364 g/mol. The van der Waals surface area contributed by atoms with Gasteiger partial charge in [-0.25, -0.2) is 8.42 Å². The number of carbonyl (C=O) groups excluding carboxylic acids is 1. The summed E-state index contributed by atoms with van der Waals surface area (Å²) in [5.74, 6) is 0.734. The van der Waals surface area contributed by atoms with Crippen LogP contribution in [0.5, 0.6) is 11.5 Å². The molecule has 2 aromatic carbocycles. The summed E-state index contributed by atoms with van der Waals surface area (Å²) < 4.78 is 37.1. The highest BCUT2D eigenvalue weighted by Gasteiger charge is 2.22. The van der Waals surface area contributed by atoms with E-state index in [-0.39, 0.29) is 4.90 Å². The zero-order chi connectivity index (χ0) is 18.4.